The van der Waals surface area contributed by atoms with Crippen molar-refractivity contribution in [2.75, 3.05) is 0 Å². The Morgan fingerprint density at radius 1 is 1.12 bits per heavy atom. The lowest BCUT2D eigenvalue weighted by molar-refractivity contribution is -0.132. The predicted molar refractivity (Wildman–Crippen MR) is 95.3 cm³/mol. The first-order chi connectivity index (χ1) is 12.4. The third-order valence-corrected chi connectivity index (χ3v) is 3.77. The number of hydrogen-bond acceptors (Lipinski definition) is 6. The summed E-state index contributed by atoms with van der Waals surface area (Å²) in [6.07, 6.45) is -0.0780. The lowest BCUT2D eigenvalue weighted by atomic mass is 10.0. The van der Waals surface area contributed by atoms with Gasteiger partial charge < -0.3 is 14.3 Å². The molecule has 132 valence electrons. The van der Waals surface area contributed by atoms with Gasteiger partial charge in [0.2, 0.25) is 0 Å². The number of Topliss-reactive ketones (excluding diaryl/α,β-unsaturated/α-hetero) is 1. The third kappa shape index (κ3) is 3.35. The van der Waals surface area contributed by atoms with Crippen molar-refractivity contribution in [1.29, 1.82) is 0 Å². The Hall–Kier alpha value is -3.41. The molecular weight excluding hydrogens is 336 g/mol. The highest BCUT2D eigenvalue weighted by molar-refractivity contribution is 5.91. The SMILES string of the molecule is CC(=O)Cc1cc2oc(-c3ccccc3)cc(=O)c2c(O)c1OC(C)=O. The highest BCUT2D eigenvalue weighted by Gasteiger charge is 2.21. The summed E-state index contributed by atoms with van der Waals surface area (Å²) in [5.74, 6) is -1.24. The number of ether oxygens (including phenoxy) is 1. The summed E-state index contributed by atoms with van der Waals surface area (Å²) in [6, 6.07) is 11.7. The van der Waals surface area contributed by atoms with E-state index in [4.69, 9.17) is 9.15 Å². The minimum atomic E-state index is -0.672. The second-order valence-corrected chi connectivity index (χ2v) is 5.90. The molecule has 0 atom stereocenters. The van der Waals surface area contributed by atoms with Crippen LogP contribution in [0.2, 0.25) is 0 Å². The van der Waals surface area contributed by atoms with Crippen LogP contribution >= 0.6 is 0 Å². The van der Waals surface area contributed by atoms with Gasteiger partial charge >= 0.3 is 5.97 Å². The second-order valence-electron chi connectivity index (χ2n) is 5.90. The highest BCUT2D eigenvalue weighted by Crippen LogP contribution is 2.38. The van der Waals surface area contributed by atoms with Crippen LogP contribution in [0.25, 0.3) is 22.3 Å². The first-order valence-corrected chi connectivity index (χ1v) is 7.92. The molecule has 1 N–H and O–H groups in total. The van der Waals surface area contributed by atoms with Gasteiger partial charge in [0.25, 0.3) is 0 Å². The zero-order chi connectivity index (χ0) is 18.8. The minimum Gasteiger partial charge on any atom is -0.504 e. The number of rotatable bonds is 4. The van der Waals surface area contributed by atoms with Gasteiger partial charge in [-0.3, -0.25) is 14.4 Å². The van der Waals surface area contributed by atoms with Crippen molar-refractivity contribution < 1.29 is 23.8 Å². The molecule has 1 heterocycles. The highest BCUT2D eigenvalue weighted by atomic mass is 16.5. The van der Waals surface area contributed by atoms with Gasteiger partial charge in [0, 0.05) is 30.5 Å². The first-order valence-electron chi connectivity index (χ1n) is 7.92. The second kappa shape index (κ2) is 6.84. The van der Waals surface area contributed by atoms with Gasteiger partial charge in [-0.1, -0.05) is 30.3 Å². The van der Waals surface area contributed by atoms with E-state index in [1.165, 1.54) is 26.0 Å². The number of phenols is 1. The largest absolute Gasteiger partial charge is 0.504 e. The molecule has 0 aliphatic carbocycles. The van der Waals surface area contributed by atoms with E-state index in [0.29, 0.717) is 11.3 Å². The minimum absolute atomic E-state index is 0.0780. The Morgan fingerprint density at radius 3 is 2.42 bits per heavy atom. The summed E-state index contributed by atoms with van der Waals surface area (Å²) < 4.78 is 10.8. The van der Waals surface area contributed by atoms with E-state index in [9.17, 15) is 19.5 Å². The maximum absolute atomic E-state index is 12.5. The number of benzene rings is 2. The molecule has 0 saturated carbocycles. The molecule has 0 saturated heterocycles. The summed E-state index contributed by atoms with van der Waals surface area (Å²) in [7, 11) is 0. The fourth-order valence-electron chi connectivity index (χ4n) is 2.74. The molecule has 0 bridgehead atoms. The topological polar surface area (TPSA) is 93.8 Å². The van der Waals surface area contributed by atoms with Crippen LogP contribution in [0.5, 0.6) is 11.5 Å². The van der Waals surface area contributed by atoms with E-state index in [1.54, 1.807) is 12.1 Å². The average Bonchev–Trinajstić information content (AvgIpc) is 2.57. The zero-order valence-electron chi connectivity index (χ0n) is 14.2. The lowest BCUT2D eigenvalue weighted by Crippen LogP contribution is -2.09. The van der Waals surface area contributed by atoms with E-state index >= 15 is 0 Å². The van der Waals surface area contributed by atoms with Crippen LogP contribution in [0.3, 0.4) is 0 Å². The molecule has 0 aliphatic heterocycles. The molecule has 2 aromatic carbocycles. The molecular formula is C20H16O6. The van der Waals surface area contributed by atoms with Crippen molar-refractivity contribution >= 4 is 22.7 Å². The Bertz CT molecular complexity index is 1060. The number of hydrogen-bond donors (Lipinski definition) is 1. The van der Waals surface area contributed by atoms with Crippen LogP contribution in [0.15, 0.2) is 51.7 Å². The quantitative estimate of drug-likeness (QED) is 0.572. The molecule has 6 heteroatoms. The fraction of sp³-hybridized carbons (Fsp3) is 0.150. The van der Waals surface area contributed by atoms with E-state index in [0.717, 1.165) is 0 Å². The Labute approximate surface area is 148 Å². The molecule has 0 spiro atoms. The maximum atomic E-state index is 12.5. The van der Waals surface area contributed by atoms with Gasteiger partial charge in [0.15, 0.2) is 16.9 Å². The number of phenolic OH excluding ortho intramolecular Hbond substituents is 1. The number of carbonyl (C=O) groups excluding carboxylic acids is 2. The van der Waals surface area contributed by atoms with E-state index < -0.39 is 17.1 Å². The molecule has 0 unspecified atom stereocenters. The van der Waals surface area contributed by atoms with Gasteiger partial charge in [-0.15, -0.1) is 0 Å². The van der Waals surface area contributed by atoms with Crippen LogP contribution < -0.4 is 10.2 Å². The average molecular weight is 352 g/mol. The zero-order valence-corrected chi connectivity index (χ0v) is 14.2. The summed E-state index contributed by atoms with van der Waals surface area (Å²) in [4.78, 5) is 35.4. The van der Waals surface area contributed by atoms with Gasteiger partial charge in [-0.05, 0) is 13.0 Å². The van der Waals surface area contributed by atoms with Gasteiger partial charge in [0.05, 0.1) is 0 Å². The third-order valence-electron chi connectivity index (χ3n) is 3.77. The standard InChI is InChI=1S/C20H16O6/c1-11(21)8-14-9-17-18(19(24)20(14)25-12(2)22)15(23)10-16(26-17)13-6-4-3-5-7-13/h3-7,9-10,24H,8H2,1-2H3. The van der Waals surface area contributed by atoms with Gasteiger partial charge in [0.1, 0.15) is 22.5 Å². The van der Waals surface area contributed by atoms with Gasteiger partial charge in [-0.25, -0.2) is 0 Å². The van der Waals surface area contributed by atoms with E-state index in [1.807, 2.05) is 18.2 Å². The number of carbonyl (C=O) groups is 2. The molecule has 0 fully saturated rings. The van der Waals surface area contributed by atoms with E-state index in [-0.39, 0.29) is 34.5 Å². The maximum Gasteiger partial charge on any atom is 0.308 e. The normalized spacial score (nSPS) is 10.7. The fourth-order valence-corrected chi connectivity index (χ4v) is 2.74. The molecule has 0 amide bonds. The number of esters is 1. The van der Waals surface area contributed by atoms with Crippen LogP contribution in [-0.4, -0.2) is 16.9 Å². The molecule has 0 aliphatic rings. The molecule has 6 nitrogen and oxygen atoms in total. The van der Waals surface area contributed by atoms with Crippen molar-refractivity contribution in [2.45, 2.75) is 20.3 Å². The van der Waals surface area contributed by atoms with Gasteiger partial charge in [-0.2, -0.15) is 0 Å². The van der Waals surface area contributed by atoms with Crippen molar-refractivity contribution in [3.63, 3.8) is 0 Å². The summed E-state index contributed by atoms with van der Waals surface area (Å²) >= 11 is 0. The molecule has 3 aromatic rings. The predicted octanol–water partition coefficient (Wildman–Crippen LogP) is 3.22. The van der Waals surface area contributed by atoms with Crippen LogP contribution in [-0.2, 0) is 16.0 Å². The number of aromatic hydroxyl groups is 1. The van der Waals surface area contributed by atoms with Crippen molar-refractivity contribution in [3.8, 4) is 22.8 Å². The van der Waals surface area contributed by atoms with Crippen LogP contribution in [0, 0.1) is 0 Å². The molecule has 1 aromatic heterocycles. The first kappa shape index (κ1) is 17.4. The molecule has 0 radical (unpaired) electrons. The van der Waals surface area contributed by atoms with E-state index in [2.05, 4.69) is 0 Å². The summed E-state index contributed by atoms with van der Waals surface area (Å²) in [5, 5.41) is 10.4. The monoisotopic (exact) mass is 352 g/mol. The van der Waals surface area contributed by atoms with Crippen molar-refractivity contribution in [1.82, 2.24) is 0 Å². The summed E-state index contributed by atoms with van der Waals surface area (Å²) in [5.41, 5.74) is 0.598. The Kier molecular flexibility index (Phi) is 4.58. The summed E-state index contributed by atoms with van der Waals surface area (Å²) in [6.45, 7) is 2.54. The Balaban J connectivity index is 2.30. The number of ketones is 1. The lowest BCUT2D eigenvalue weighted by Gasteiger charge is -2.12. The molecule has 3 rings (SSSR count). The van der Waals surface area contributed by atoms with Crippen molar-refractivity contribution in [3.05, 3.63) is 58.3 Å². The smallest absolute Gasteiger partial charge is 0.308 e. The molecule has 26 heavy (non-hydrogen) atoms. The van der Waals surface area contributed by atoms with Crippen molar-refractivity contribution in [2.24, 2.45) is 0 Å². The van der Waals surface area contributed by atoms with Crippen LogP contribution in [0.4, 0.5) is 0 Å². The van der Waals surface area contributed by atoms with Crippen LogP contribution in [0.1, 0.15) is 19.4 Å². The number of fused-ring (bicyclic) bond motifs is 1. The Morgan fingerprint density at radius 2 is 1.81 bits per heavy atom.